The third kappa shape index (κ3) is 10.5. The van der Waals surface area contributed by atoms with Crippen LogP contribution in [0.3, 0.4) is 0 Å². The van der Waals surface area contributed by atoms with E-state index in [1.807, 2.05) is 0 Å². The van der Waals surface area contributed by atoms with Gasteiger partial charge in [-0.2, -0.15) is 0 Å². The average molecular weight is 710 g/mol. The first-order chi connectivity index (χ1) is 23.5. The highest BCUT2D eigenvalue weighted by Gasteiger charge is 2.32. The van der Waals surface area contributed by atoms with Crippen molar-refractivity contribution in [3.63, 3.8) is 0 Å². The van der Waals surface area contributed by atoms with Gasteiger partial charge in [0.25, 0.3) is 0 Å². The fourth-order valence-corrected chi connectivity index (χ4v) is 6.68. The lowest BCUT2D eigenvalue weighted by atomic mass is 9.85. The highest BCUT2D eigenvalue weighted by Crippen LogP contribution is 2.33. The van der Waals surface area contributed by atoms with E-state index < -0.39 is 45.9 Å². The summed E-state index contributed by atoms with van der Waals surface area (Å²) < 4.78 is 49.5. The number of aromatic nitrogens is 1. The first-order valence-corrected chi connectivity index (χ1v) is 17.2. The predicted molar refractivity (Wildman–Crippen MR) is 185 cm³/mol. The summed E-state index contributed by atoms with van der Waals surface area (Å²) in [6, 6.07) is 20.0. The molecule has 0 unspecified atom stereocenters. The number of carbonyl (C=O) groups is 1. The number of aliphatic hydroxyl groups excluding tert-OH is 1. The van der Waals surface area contributed by atoms with E-state index in [-0.39, 0.29) is 42.1 Å². The summed E-state index contributed by atoms with van der Waals surface area (Å²) in [5.41, 5.74) is 11.0. The van der Waals surface area contributed by atoms with Gasteiger partial charge in [-0.25, -0.2) is 22.5 Å². The summed E-state index contributed by atoms with van der Waals surface area (Å²) in [6.07, 6.45) is 0.999. The highest BCUT2D eigenvalue weighted by atomic mass is 35.5. The lowest BCUT2D eigenvalue weighted by molar-refractivity contribution is -0.117. The molecule has 4 aromatic rings. The minimum Gasteiger partial charge on any atom is -0.481 e. The molecule has 4 N–H and O–H groups in total. The van der Waals surface area contributed by atoms with Crippen molar-refractivity contribution in [3.8, 4) is 5.88 Å². The van der Waals surface area contributed by atoms with Gasteiger partial charge >= 0.3 is 0 Å². The molecule has 4 atom stereocenters. The largest absolute Gasteiger partial charge is 0.481 e. The second-order valence-electron chi connectivity index (χ2n) is 11.2. The zero-order chi connectivity index (χ0) is 35.4. The van der Waals surface area contributed by atoms with Gasteiger partial charge < -0.3 is 20.5 Å². The smallest absolute Gasteiger partial charge is 0.240 e. The Hall–Kier alpha value is -4.56. The molecule has 0 bridgehead atoms. The molecule has 1 amide bonds. The minimum atomic E-state index is -3.92. The van der Waals surface area contributed by atoms with Crippen molar-refractivity contribution in [2.45, 2.75) is 48.8 Å². The Morgan fingerprint density at radius 1 is 1.04 bits per heavy atom. The van der Waals surface area contributed by atoms with Gasteiger partial charge in [-0.1, -0.05) is 59.2 Å². The molecule has 1 aromatic heterocycles. The van der Waals surface area contributed by atoms with Gasteiger partial charge in [-0.3, -0.25) is 4.79 Å². The number of benzene rings is 3. The van der Waals surface area contributed by atoms with Crippen molar-refractivity contribution < 1.29 is 27.4 Å². The van der Waals surface area contributed by atoms with Crippen LogP contribution in [0.4, 0.5) is 10.1 Å². The number of pyridine rings is 1. The third-order valence-corrected chi connectivity index (χ3v) is 9.43. The summed E-state index contributed by atoms with van der Waals surface area (Å²) in [5.74, 6) is -1.78. The molecule has 15 heteroatoms. The zero-order valence-electron chi connectivity index (χ0n) is 26.8. The number of rotatable bonds is 17. The maximum atomic E-state index is 15.4. The van der Waals surface area contributed by atoms with Crippen LogP contribution in [0.2, 0.25) is 5.02 Å². The molecule has 1 heterocycles. The molecule has 0 aliphatic heterocycles. The van der Waals surface area contributed by atoms with E-state index in [9.17, 15) is 23.8 Å². The summed E-state index contributed by atoms with van der Waals surface area (Å²) in [5, 5.41) is 19.8. The maximum Gasteiger partial charge on any atom is 0.240 e. The number of nitrogens with zero attached hydrogens (tertiary/aromatic N) is 4. The Kier molecular flexibility index (Phi) is 13.5. The Balaban J connectivity index is 1.62. The Morgan fingerprint density at radius 3 is 2.39 bits per heavy atom. The topological polar surface area (TPSA) is 178 Å². The molecule has 0 fully saturated rings. The third-order valence-electron chi connectivity index (χ3n) is 7.64. The van der Waals surface area contributed by atoms with Crippen LogP contribution in [0, 0.1) is 5.82 Å². The van der Waals surface area contributed by atoms with Gasteiger partial charge in [0.05, 0.1) is 18.1 Å². The summed E-state index contributed by atoms with van der Waals surface area (Å²) in [4.78, 5) is 21.2. The second-order valence-corrected chi connectivity index (χ2v) is 13.4. The van der Waals surface area contributed by atoms with Crippen molar-refractivity contribution in [1.29, 1.82) is 0 Å². The number of azide groups is 1. The van der Waals surface area contributed by atoms with Crippen LogP contribution in [0.1, 0.15) is 36.0 Å². The Labute approximate surface area is 289 Å². The van der Waals surface area contributed by atoms with Crippen molar-refractivity contribution in [1.82, 2.24) is 15.0 Å². The number of halogens is 2. The molecule has 0 spiro atoms. The molecular weight excluding hydrogens is 673 g/mol. The Morgan fingerprint density at radius 2 is 1.76 bits per heavy atom. The first kappa shape index (κ1) is 37.3. The van der Waals surface area contributed by atoms with Gasteiger partial charge in [0, 0.05) is 58.5 Å². The number of sulfonamides is 1. The van der Waals surface area contributed by atoms with Crippen molar-refractivity contribution in [3.05, 3.63) is 129 Å². The van der Waals surface area contributed by atoms with E-state index in [0.717, 1.165) is 0 Å². The SMILES string of the molecule is COc1ccc([C@H](c2ccc(Cl)cc2)[C@H](N=[N+]=[N-])C(=O)Nc2cccc(F)c2CC[C@@H](CNC[C@H](C)O)NS(=O)(=O)c2ccccc2)cn1. The number of anilines is 1. The molecule has 49 heavy (non-hydrogen) atoms. The molecule has 4 rings (SSSR count). The van der Waals surface area contributed by atoms with E-state index in [0.29, 0.717) is 22.0 Å². The molecular formula is C34H37ClFN7O5S. The molecule has 3 aromatic carbocycles. The van der Waals surface area contributed by atoms with E-state index in [1.54, 1.807) is 61.5 Å². The fraction of sp³-hybridized carbons (Fsp3) is 0.294. The number of hydrogen-bond acceptors (Lipinski definition) is 8. The second kappa shape index (κ2) is 17.7. The standard InChI is InChI=1S/C34H37ClFN7O5S/c1-22(44)19-38-21-26(42-49(46,47)27-7-4-3-5-8-27)16-17-28-29(36)9-6-10-30(28)40-34(45)33(41-43-37)32(23-11-14-25(35)15-12-23)24-13-18-31(48-2)39-20-24/h3-15,18,20,22,26,32-33,38,42,44H,16-17,19,21H2,1-2H3,(H,40,45)/t22-,26-,32-,33-/m0/s1. The van der Waals surface area contributed by atoms with Crippen molar-refractivity contribution in [2.24, 2.45) is 5.11 Å². The highest BCUT2D eigenvalue weighted by molar-refractivity contribution is 7.89. The molecule has 258 valence electrons. The van der Waals surface area contributed by atoms with Gasteiger partial charge in [0.15, 0.2) is 0 Å². The number of carbonyl (C=O) groups excluding carboxylic acids is 1. The van der Waals surface area contributed by atoms with Crippen LogP contribution in [-0.2, 0) is 21.2 Å². The van der Waals surface area contributed by atoms with Crippen LogP contribution < -0.4 is 20.1 Å². The lowest BCUT2D eigenvalue weighted by Gasteiger charge is -2.25. The van der Waals surface area contributed by atoms with Gasteiger partial charge in [0.2, 0.25) is 21.8 Å². The molecule has 0 saturated heterocycles. The van der Waals surface area contributed by atoms with E-state index in [2.05, 4.69) is 30.4 Å². The molecule has 0 aliphatic rings. The molecule has 0 radical (unpaired) electrons. The maximum absolute atomic E-state index is 15.4. The number of ether oxygens (including phenoxy) is 1. The number of amides is 1. The monoisotopic (exact) mass is 709 g/mol. The van der Waals surface area contributed by atoms with Crippen LogP contribution in [0.15, 0.2) is 101 Å². The molecule has 12 nitrogen and oxygen atoms in total. The van der Waals surface area contributed by atoms with Gasteiger partial charge in [-0.15, -0.1) is 0 Å². The normalized spacial score (nSPS) is 13.8. The number of methoxy groups -OCH3 is 1. The minimum absolute atomic E-state index is 0.0236. The lowest BCUT2D eigenvalue weighted by Crippen LogP contribution is -2.43. The van der Waals surface area contributed by atoms with Crippen LogP contribution in [-0.4, -0.2) is 62.8 Å². The van der Waals surface area contributed by atoms with Gasteiger partial charge in [-0.05, 0) is 72.8 Å². The summed E-state index contributed by atoms with van der Waals surface area (Å²) >= 11 is 6.13. The zero-order valence-corrected chi connectivity index (χ0v) is 28.4. The molecule has 0 aliphatic carbocycles. The number of hydrogen-bond donors (Lipinski definition) is 4. The average Bonchev–Trinajstić information content (AvgIpc) is 3.08. The summed E-state index contributed by atoms with van der Waals surface area (Å²) in [6.45, 7) is 1.95. The first-order valence-electron chi connectivity index (χ1n) is 15.4. The quantitative estimate of drug-likeness (QED) is 0.0628. The fourth-order valence-electron chi connectivity index (χ4n) is 5.26. The summed E-state index contributed by atoms with van der Waals surface area (Å²) in [7, 11) is -2.45. The van der Waals surface area contributed by atoms with Gasteiger partial charge in [0.1, 0.15) is 11.9 Å². The molecule has 0 saturated carbocycles. The van der Waals surface area contributed by atoms with Crippen molar-refractivity contribution >= 4 is 33.2 Å². The van der Waals surface area contributed by atoms with E-state index in [4.69, 9.17) is 16.3 Å². The van der Waals surface area contributed by atoms with Crippen LogP contribution in [0.5, 0.6) is 5.88 Å². The predicted octanol–water partition coefficient (Wildman–Crippen LogP) is 5.58. The van der Waals surface area contributed by atoms with Crippen LogP contribution >= 0.6 is 11.6 Å². The van der Waals surface area contributed by atoms with Crippen molar-refractivity contribution in [2.75, 3.05) is 25.5 Å². The van der Waals surface area contributed by atoms with Crippen LogP contribution in [0.25, 0.3) is 10.4 Å². The number of nitrogens with one attached hydrogen (secondary N) is 3. The van der Waals surface area contributed by atoms with E-state index in [1.165, 1.54) is 43.6 Å². The Bertz CT molecular complexity index is 1840. The van der Waals surface area contributed by atoms with E-state index >= 15 is 4.39 Å². The number of aliphatic hydroxyl groups is 1.